The summed E-state index contributed by atoms with van der Waals surface area (Å²) in [7, 11) is 0. The minimum absolute atomic E-state index is 0.0973. The number of piperazine rings is 1. The molecule has 5 nitrogen and oxygen atoms in total. The van der Waals surface area contributed by atoms with Gasteiger partial charge in [0.2, 0.25) is 0 Å². The van der Waals surface area contributed by atoms with E-state index in [0.717, 1.165) is 51.4 Å². The molecule has 0 atom stereocenters. The van der Waals surface area contributed by atoms with E-state index in [0.29, 0.717) is 0 Å². The highest BCUT2D eigenvalue weighted by atomic mass is 16.4. The van der Waals surface area contributed by atoms with Crippen molar-refractivity contribution in [1.29, 1.82) is 0 Å². The van der Waals surface area contributed by atoms with E-state index in [1.807, 2.05) is 6.20 Å². The van der Waals surface area contributed by atoms with Crippen LogP contribution in [0.2, 0.25) is 0 Å². The van der Waals surface area contributed by atoms with Crippen LogP contribution in [0.15, 0.2) is 18.3 Å². The van der Waals surface area contributed by atoms with E-state index in [2.05, 4.69) is 47.7 Å². The Kier molecular flexibility index (Phi) is 6.13. The van der Waals surface area contributed by atoms with E-state index in [9.17, 15) is 4.79 Å². The number of rotatable bonds is 6. The number of pyridine rings is 1. The fourth-order valence-corrected chi connectivity index (χ4v) is 2.84. The molecule has 2 rings (SSSR count). The van der Waals surface area contributed by atoms with Crippen LogP contribution in [0, 0.1) is 0 Å². The predicted octanol–water partition coefficient (Wildman–Crippen LogP) is 2.36. The zero-order valence-corrected chi connectivity index (χ0v) is 14.6. The van der Waals surface area contributed by atoms with Crippen molar-refractivity contribution in [3.63, 3.8) is 0 Å². The molecule has 0 saturated carbocycles. The summed E-state index contributed by atoms with van der Waals surface area (Å²) >= 11 is 0. The summed E-state index contributed by atoms with van der Waals surface area (Å²) in [4.78, 5) is 20.0. The molecule has 1 aliphatic heterocycles. The van der Waals surface area contributed by atoms with Gasteiger partial charge in [0.15, 0.2) is 0 Å². The van der Waals surface area contributed by atoms with Crippen LogP contribution in [0.5, 0.6) is 0 Å². The molecule has 1 saturated heterocycles. The quantitative estimate of drug-likeness (QED) is 0.872. The SMILES string of the molecule is CC(C)(C)c1ccc(CN2CCN(CCCC(=O)O)CC2)cn1. The van der Waals surface area contributed by atoms with Crippen LogP contribution < -0.4 is 0 Å². The molecular weight excluding hydrogens is 290 g/mol. The van der Waals surface area contributed by atoms with E-state index in [-0.39, 0.29) is 11.8 Å². The number of nitrogens with zero attached hydrogens (tertiary/aromatic N) is 3. The maximum Gasteiger partial charge on any atom is 0.303 e. The molecule has 128 valence electrons. The second kappa shape index (κ2) is 7.88. The van der Waals surface area contributed by atoms with Crippen molar-refractivity contribution in [3.05, 3.63) is 29.6 Å². The summed E-state index contributed by atoms with van der Waals surface area (Å²) in [6, 6.07) is 4.32. The standard InChI is InChI=1S/C18H29N3O2/c1-18(2,3)16-7-6-15(13-19-16)14-21-11-9-20(10-12-21)8-4-5-17(22)23/h6-7,13H,4-5,8-12,14H2,1-3H3,(H,22,23). The average Bonchev–Trinajstić information content (AvgIpc) is 2.48. The first-order valence-corrected chi connectivity index (χ1v) is 8.46. The van der Waals surface area contributed by atoms with Crippen molar-refractivity contribution in [2.24, 2.45) is 0 Å². The zero-order valence-electron chi connectivity index (χ0n) is 14.6. The van der Waals surface area contributed by atoms with Crippen molar-refractivity contribution < 1.29 is 9.90 Å². The summed E-state index contributed by atoms with van der Waals surface area (Å²) in [5, 5.41) is 8.69. The maximum atomic E-state index is 10.5. The third-order valence-electron chi connectivity index (χ3n) is 4.33. The van der Waals surface area contributed by atoms with Gasteiger partial charge in [-0.3, -0.25) is 14.7 Å². The lowest BCUT2D eigenvalue weighted by atomic mass is 9.91. The Labute approximate surface area is 139 Å². The molecule has 0 unspecified atom stereocenters. The Morgan fingerprint density at radius 1 is 1.17 bits per heavy atom. The minimum Gasteiger partial charge on any atom is -0.481 e. The van der Waals surface area contributed by atoms with Crippen molar-refractivity contribution in [2.45, 2.75) is 45.6 Å². The molecule has 0 radical (unpaired) electrons. The lowest BCUT2D eigenvalue weighted by molar-refractivity contribution is -0.137. The summed E-state index contributed by atoms with van der Waals surface area (Å²) in [5.74, 6) is -0.699. The molecule has 1 aromatic rings. The van der Waals surface area contributed by atoms with Gasteiger partial charge in [-0.1, -0.05) is 26.8 Å². The van der Waals surface area contributed by atoms with Crippen molar-refractivity contribution >= 4 is 5.97 Å². The topological polar surface area (TPSA) is 56.7 Å². The molecule has 0 amide bonds. The molecule has 1 fully saturated rings. The molecule has 1 aromatic heterocycles. The molecule has 5 heteroatoms. The second-order valence-corrected chi connectivity index (χ2v) is 7.42. The van der Waals surface area contributed by atoms with Crippen LogP contribution in [-0.2, 0) is 16.8 Å². The van der Waals surface area contributed by atoms with Crippen molar-refractivity contribution in [2.75, 3.05) is 32.7 Å². The van der Waals surface area contributed by atoms with Crippen LogP contribution >= 0.6 is 0 Å². The Hall–Kier alpha value is -1.46. The third kappa shape index (κ3) is 5.92. The van der Waals surface area contributed by atoms with Gasteiger partial charge < -0.3 is 10.0 Å². The number of carboxylic acid groups (broad SMARTS) is 1. The molecule has 2 heterocycles. The van der Waals surface area contributed by atoms with Crippen LogP contribution in [0.25, 0.3) is 0 Å². The van der Waals surface area contributed by atoms with Gasteiger partial charge in [0, 0.05) is 56.5 Å². The minimum atomic E-state index is -0.699. The number of aromatic nitrogens is 1. The molecular formula is C18H29N3O2. The highest BCUT2D eigenvalue weighted by Gasteiger charge is 2.18. The van der Waals surface area contributed by atoms with E-state index in [1.165, 1.54) is 5.56 Å². The van der Waals surface area contributed by atoms with E-state index >= 15 is 0 Å². The Bertz CT molecular complexity index is 500. The third-order valence-corrected chi connectivity index (χ3v) is 4.33. The van der Waals surface area contributed by atoms with Crippen molar-refractivity contribution in [1.82, 2.24) is 14.8 Å². The Morgan fingerprint density at radius 3 is 2.35 bits per heavy atom. The van der Waals surface area contributed by atoms with Gasteiger partial charge in [-0.2, -0.15) is 0 Å². The Morgan fingerprint density at radius 2 is 1.83 bits per heavy atom. The summed E-state index contributed by atoms with van der Waals surface area (Å²) in [5.41, 5.74) is 2.49. The lowest BCUT2D eigenvalue weighted by Crippen LogP contribution is -2.46. The summed E-state index contributed by atoms with van der Waals surface area (Å²) in [6.07, 6.45) is 3.01. The number of aliphatic carboxylic acids is 1. The Balaban J connectivity index is 1.75. The van der Waals surface area contributed by atoms with Crippen LogP contribution in [0.3, 0.4) is 0 Å². The number of carbonyl (C=O) groups is 1. The number of hydrogen-bond donors (Lipinski definition) is 1. The molecule has 0 bridgehead atoms. The van der Waals surface area contributed by atoms with Gasteiger partial charge in [-0.15, -0.1) is 0 Å². The van der Waals surface area contributed by atoms with Gasteiger partial charge >= 0.3 is 5.97 Å². The van der Waals surface area contributed by atoms with Crippen molar-refractivity contribution in [3.8, 4) is 0 Å². The van der Waals surface area contributed by atoms with Gasteiger partial charge in [0.05, 0.1) is 0 Å². The van der Waals surface area contributed by atoms with Gasteiger partial charge in [-0.25, -0.2) is 0 Å². The molecule has 1 aliphatic rings. The number of carboxylic acids is 1. The molecule has 0 spiro atoms. The molecule has 0 aromatic carbocycles. The fraction of sp³-hybridized carbons (Fsp3) is 0.667. The van der Waals surface area contributed by atoms with E-state index in [4.69, 9.17) is 5.11 Å². The smallest absolute Gasteiger partial charge is 0.303 e. The van der Waals surface area contributed by atoms with Crippen LogP contribution in [0.1, 0.15) is 44.9 Å². The first kappa shape index (κ1) is 17.9. The predicted molar refractivity (Wildman–Crippen MR) is 91.5 cm³/mol. The zero-order chi connectivity index (χ0) is 16.9. The molecule has 1 N–H and O–H groups in total. The largest absolute Gasteiger partial charge is 0.481 e. The normalized spacial score (nSPS) is 17.3. The van der Waals surface area contributed by atoms with Gasteiger partial charge in [-0.05, 0) is 24.6 Å². The first-order valence-electron chi connectivity index (χ1n) is 8.46. The van der Waals surface area contributed by atoms with Gasteiger partial charge in [0.1, 0.15) is 0 Å². The van der Waals surface area contributed by atoms with E-state index in [1.54, 1.807) is 0 Å². The van der Waals surface area contributed by atoms with Crippen LogP contribution in [-0.4, -0.2) is 58.6 Å². The lowest BCUT2D eigenvalue weighted by Gasteiger charge is -2.34. The molecule has 23 heavy (non-hydrogen) atoms. The number of hydrogen-bond acceptors (Lipinski definition) is 4. The average molecular weight is 319 g/mol. The van der Waals surface area contributed by atoms with Crippen LogP contribution in [0.4, 0.5) is 0 Å². The monoisotopic (exact) mass is 319 g/mol. The highest BCUT2D eigenvalue weighted by Crippen LogP contribution is 2.20. The fourth-order valence-electron chi connectivity index (χ4n) is 2.84. The van der Waals surface area contributed by atoms with E-state index < -0.39 is 5.97 Å². The maximum absolute atomic E-state index is 10.5. The second-order valence-electron chi connectivity index (χ2n) is 7.42. The highest BCUT2D eigenvalue weighted by molar-refractivity contribution is 5.66. The summed E-state index contributed by atoms with van der Waals surface area (Å²) < 4.78 is 0. The first-order chi connectivity index (χ1) is 10.8. The summed E-state index contributed by atoms with van der Waals surface area (Å²) in [6.45, 7) is 12.5. The molecule has 0 aliphatic carbocycles. The van der Waals surface area contributed by atoms with Gasteiger partial charge in [0.25, 0.3) is 0 Å².